The van der Waals surface area contributed by atoms with Gasteiger partial charge in [-0.25, -0.2) is 0 Å². The van der Waals surface area contributed by atoms with E-state index in [0.717, 1.165) is 6.54 Å². The summed E-state index contributed by atoms with van der Waals surface area (Å²) < 4.78 is 0. The molecule has 0 atom stereocenters. The summed E-state index contributed by atoms with van der Waals surface area (Å²) in [5, 5.41) is 11.0. The van der Waals surface area contributed by atoms with Crippen LogP contribution in [0.2, 0.25) is 0 Å². The zero-order chi connectivity index (χ0) is 12.6. The van der Waals surface area contributed by atoms with Crippen molar-refractivity contribution in [3.8, 4) is 0 Å². The predicted molar refractivity (Wildman–Crippen MR) is 75.6 cm³/mol. The summed E-state index contributed by atoms with van der Waals surface area (Å²) in [5.41, 5.74) is 1.56. The van der Waals surface area contributed by atoms with E-state index < -0.39 is 0 Å². The summed E-state index contributed by atoms with van der Waals surface area (Å²) in [6.45, 7) is 1.01. The van der Waals surface area contributed by atoms with Crippen molar-refractivity contribution in [3.63, 3.8) is 0 Å². The SMILES string of the molecule is C[N-]C.C[N-]C.C[N-]CCCC1=CC=CC1.[Hf]. The van der Waals surface area contributed by atoms with Gasteiger partial charge in [0.2, 0.25) is 0 Å². The quantitative estimate of drug-likeness (QED) is 0.505. The van der Waals surface area contributed by atoms with Crippen molar-refractivity contribution in [2.24, 2.45) is 0 Å². The molecule has 17 heavy (non-hydrogen) atoms. The third kappa shape index (κ3) is 22.0. The van der Waals surface area contributed by atoms with Gasteiger partial charge in [0, 0.05) is 25.8 Å². The second kappa shape index (κ2) is 21.5. The fourth-order valence-electron chi connectivity index (χ4n) is 1.14. The minimum atomic E-state index is 0. The summed E-state index contributed by atoms with van der Waals surface area (Å²) in [6, 6.07) is 0. The second-order valence-corrected chi connectivity index (χ2v) is 3.50. The van der Waals surface area contributed by atoms with Gasteiger partial charge in [-0.2, -0.15) is 35.2 Å². The average molecular weight is 403 g/mol. The molecule has 0 spiro atoms. The van der Waals surface area contributed by atoms with Crippen LogP contribution in [-0.2, 0) is 25.8 Å². The molecule has 0 aliphatic heterocycles. The molecular formula is C13H26HfN3-3. The van der Waals surface area contributed by atoms with Crippen LogP contribution in [0.1, 0.15) is 19.3 Å². The minimum absolute atomic E-state index is 0. The maximum Gasteiger partial charge on any atom is 0 e. The van der Waals surface area contributed by atoms with Crippen LogP contribution in [0.15, 0.2) is 23.8 Å². The average Bonchev–Trinajstić information content (AvgIpc) is 2.73. The molecule has 1 aliphatic rings. The van der Waals surface area contributed by atoms with E-state index in [4.69, 9.17) is 0 Å². The maximum absolute atomic E-state index is 4.05. The molecule has 0 fully saturated rings. The zero-order valence-corrected chi connectivity index (χ0v) is 15.5. The number of nitrogens with zero attached hydrogens (tertiary/aromatic N) is 3. The van der Waals surface area contributed by atoms with Gasteiger partial charge in [0.1, 0.15) is 0 Å². The molecule has 4 heteroatoms. The van der Waals surface area contributed by atoms with Crippen LogP contribution in [0.5, 0.6) is 0 Å². The largest absolute Gasteiger partial charge is 0.668 e. The Morgan fingerprint density at radius 1 is 1.06 bits per heavy atom. The summed E-state index contributed by atoms with van der Waals surface area (Å²) >= 11 is 0. The van der Waals surface area contributed by atoms with Gasteiger partial charge in [-0.05, 0) is 12.8 Å². The fraction of sp³-hybridized carbons (Fsp3) is 0.692. The van der Waals surface area contributed by atoms with E-state index in [1.54, 1.807) is 33.8 Å². The van der Waals surface area contributed by atoms with E-state index in [2.05, 4.69) is 34.2 Å². The van der Waals surface area contributed by atoms with Crippen molar-refractivity contribution in [2.45, 2.75) is 19.3 Å². The molecule has 1 aliphatic carbocycles. The molecule has 0 amide bonds. The van der Waals surface area contributed by atoms with Crippen LogP contribution in [0.4, 0.5) is 0 Å². The maximum atomic E-state index is 4.05. The van der Waals surface area contributed by atoms with Gasteiger partial charge in [-0.15, -0.1) is 6.54 Å². The molecule has 3 nitrogen and oxygen atoms in total. The minimum Gasteiger partial charge on any atom is -0.668 e. The van der Waals surface area contributed by atoms with Gasteiger partial charge in [0.15, 0.2) is 0 Å². The predicted octanol–water partition coefficient (Wildman–Crippen LogP) is 3.89. The number of rotatable bonds is 4. The molecule has 0 radical (unpaired) electrons. The topological polar surface area (TPSA) is 42.3 Å². The van der Waals surface area contributed by atoms with Gasteiger partial charge in [-0.3, -0.25) is 0 Å². The van der Waals surface area contributed by atoms with Crippen LogP contribution in [0.25, 0.3) is 16.0 Å². The fourth-order valence-corrected chi connectivity index (χ4v) is 1.14. The molecule has 0 aromatic carbocycles. The van der Waals surface area contributed by atoms with Crippen LogP contribution in [0, 0.1) is 0 Å². The zero-order valence-electron chi connectivity index (χ0n) is 11.9. The summed E-state index contributed by atoms with van der Waals surface area (Å²) in [7, 11) is 8.88. The van der Waals surface area contributed by atoms with Crippen molar-refractivity contribution >= 4 is 0 Å². The van der Waals surface area contributed by atoms with Crippen LogP contribution >= 0.6 is 0 Å². The Bertz CT molecular complexity index is 178. The Kier molecular flexibility index (Phi) is 28.4. The van der Waals surface area contributed by atoms with Gasteiger partial charge < -0.3 is 16.0 Å². The van der Waals surface area contributed by atoms with Crippen LogP contribution < -0.4 is 0 Å². The molecule has 0 aromatic rings. The normalized spacial score (nSPS) is 11.5. The smallest absolute Gasteiger partial charge is 0 e. The Morgan fingerprint density at radius 3 is 1.94 bits per heavy atom. The summed E-state index contributed by atoms with van der Waals surface area (Å²) in [4.78, 5) is 0. The molecule has 100 valence electrons. The first-order valence-electron chi connectivity index (χ1n) is 5.62. The van der Waals surface area contributed by atoms with Gasteiger partial charge in [-0.1, -0.05) is 30.2 Å². The molecule has 0 saturated carbocycles. The Balaban J connectivity index is -0.000000240. The summed E-state index contributed by atoms with van der Waals surface area (Å²) in [5.74, 6) is 0. The molecule has 0 bridgehead atoms. The first-order valence-corrected chi connectivity index (χ1v) is 5.62. The molecule has 0 saturated heterocycles. The number of hydrogen-bond acceptors (Lipinski definition) is 0. The van der Waals surface area contributed by atoms with Crippen molar-refractivity contribution in [3.05, 3.63) is 39.8 Å². The van der Waals surface area contributed by atoms with Crippen molar-refractivity contribution in [1.82, 2.24) is 0 Å². The molecule has 1 rings (SSSR count). The van der Waals surface area contributed by atoms with Crippen LogP contribution in [0.3, 0.4) is 0 Å². The van der Waals surface area contributed by atoms with Gasteiger partial charge >= 0.3 is 0 Å². The molecule has 0 unspecified atom stereocenters. The van der Waals surface area contributed by atoms with E-state index in [1.807, 2.05) is 7.05 Å². The van der Waals surface area contributed by atoms with Gasteiger partial charge in [0.05, 0.1) is 0 Å². The Morgan fingerprint density at radius 2 is 1.59 bits per heavy atom. The van der Waals surface area contributed by atoms with Crippen molar-refractivity contribution in [2.75, 3.05) is 41.8 Å². The van der Waals surface area contributed by atoms with E-state index in [9.17, 15) is 0 Å². The van der Waals surface area contributed by atoms with E-state index in [0.29, 0.717) is 0 Å². The molecule has 0 N–H and O–H groups in total. The van der Waals surface area contributed by atoms with Crippen molar-refractivity contribution in [1.29, 1.82) is 0 Å². The summed E-state index contributed by atoms with van der Waals surface area (Å²) in [6.07, 6.45) is 10.2. The second-order valence-electron chi connectivity index (χ2n) is 3.50. The van der Waals surface area contributed by atoms with E-state index in [-0.39, 0.29) is 25.8 Å². The first kappa shape index (κ1) is 22.4. The molecule has 0 aromatic heterocycles. The Hall–Kier alpha value is 0.230. The molecule has 0 heterocycles. The Labute approximate surface area is 126 Å². The first-order chi connectivity index (χ1) is 7.76. The molecular weight excluding hydrogens is 377 g/mol. The third-order valence-electron chi connectivity index (χ3n) is 1.73. The third-order valence-corrected chi connectivity index (χ3v) is 1.73. The monoisotopic (exact) mass is 404 g/mol. The van der Waals surface area contributed by atoms with E-state index >= 15 is 0 Å². The number of hydrogen-bond donors (Lipinski definition) is 0. The van der Waals surface area contributed by atoms with Gasteiger partial charge in [0.25, 0.3) is 0 Å². The van der Waals surface area contributed by atoms with E-state index in [1.165, 1.54) is 19.3 Å². The van der Waals surface area contributed by atoms with Crippen LogP contribution in [-0.4, -0.2) is 41.8 Å². The van der Waals surface area contributed by atoms with Crippen molar-refractivity contribution < 1.29 is 25.8 Å². The number of allylic oxidation sites excluding steroid dienone is 4. The standard InChI is InChI=1S/C9H14N.2C2H6N.Hf/c1-10-8-4-7-9-5-2-3-6-9;2*1-3-2;/h2-3,5H,4,6-8H2,1H3;2*1-2H3;/q3*-1;.